The van der Waals surface area contributed by atoms with E-state index >= 15 is 0 Å². The number of alkyl carbamates (subject to hydrolysis) is 1. The highest BCUT2D eigenvalue weighted by molar-refractivity contribution is 5.89. The number of amides is 2. The van der Waals surface area contributed by atoms with Gasteiger partial charge in [-0.15, -0.1) is 0 Å². The Kier molecular flexibility index (Phi) is 7.68. The summed E-state index contributed by atoms with van der Waals surface area (Å²) >= 11 is 0. The third-order valence-electron chi connectivity index (χ3n) is 6.46. The van der Waals surface area contributed by atoms with Crippen LogP contribution in [0.3, 0.4) is 0 Å². The highest BCUT2D eigenvalue weighted by Gasteiger charge is 2.31. The van der Waals surface area contributed by atoms with Crippen molar-refractivity contribution in [2.75, 3.05) is 6.61 Å². The average Bonchev–Trinajstić information content (AvgIpc) is 3.19. The molecule has 7 nitrogen and oxygen atoms in total. The Morgan fingerprint density at radius 3 is 1.94 bits per heavy atom. The van der Waals surface area contributed by atoms with Crippen LogP contribution in [-0.4, -0.2) is 41.8 Å². The molecule has 186 valence electrons. The van der Waals surface area contributed by atoms with Crippen LogP contribution in [0.4, 0.5) is 4.79 Å². The number of hydrogen-bond donors (Lipinski definition) is 3. The maximum absolute atomic E-state index is 13.0. The summed E-state index contributed by atoms with van der Waals surface area (Å²) < 4.78 is 5.57. The molecule has 0 fully saturated rings. The van der Waals surface area contributed by atoms with Gasteiger partial charge in [0.25, 0.3) is 0 Å². The molecule has 1 aliphatic rings. The Morgan fingerprint density at radius 2 is 1.39 bits per heavy atom. The van der Waals surface area contributed by atoms with Crippen molar-refractivity contribution in [3.63, 3.8) is 0 Å². The first-order valence-electron chi connectivity index (χ1n) is 12.0. The number of ether oxygens (including phenoxy) is 1. The monoisotopic (exact) mass is 486 g/mol. The molecule has 0 unspecified atom stereocenters. The van der Waals surface area contributed by atoms with E-state index < -0.39 is 30.1 Å². The number of rotatable bonds is 9. The van der Waals surface area contributed by atoms with Crippen LogP contribution in [0, 0.1) is 5.92 Å². The fraction of sp³-hybridized carbons (Fsp3) is 0.276. The minimum atomic E-state index is -1.14. The number of hydrogen-bond acceptors (Lipinski definition) is 4. The standard InChI is InChI=1S/C29H30N2O5/c1-18(2)26(27(32)30-25(28(33)34)16-19-10-4-3-5-11-19)31-29(35)36-17-24-22-14-8-6-12-20(22)21-13-7-9-15-23(21)24/h3-15,18,24-26H,16-17H2,1-2H3,(H,30,32)(H,31,35)(H,33,34)/t25-,26-/m1/s1. The van der Waals surface area contributed by atoms with Gasteiger partial charge in [-0.05, 0) is 33.7 Å². The van der Waals surface area contributed by atoms with Gasteiger partial charge in [-0.2, -0.15) is 0 Å². The highest BCUT2D eigenvalue weighted by atomic mass is 16.5. The molecular weight excluding hydrogens is 456 g/mol. The van der Waals surface area contributed by atoms with E-state index in [9.17, 15) is 19.5 Å². The van der Waals surface area contributed by atoms with E-state index in [4.69, 9.17) is 4.74 Å². The van der Waals surface area contributed by atoms with Crippen LogP contribution in [0.2, 0.25) is 0 Å². The summed E-state index contributed by atoms with van der Waals surface area (Å²) in [6, 6.07) is 23.1. The quantitative estimate of drug-likeness (QED) is 0.417. The number of benzene rings is 3. The van der Waals surface area contributed by atoms with Gasteiger partial charge in [-0.1, -0.05) is 92.7 Å². The second-order valence-corrected chi connectivity index (χ2v) is 9.28. The molecule has 3 aromatic rings. The molecule has 0 bridgehead atoms. The maximum Gasteiger partial charge on any atom is 0.407 e. The zero-order chi connectivity index (χ0) is 25.7. The topological polar surface area (TPSA) is 105 Å². The average molecular weight is 487 g/mol. The third-order valence-corrected chi connectivity index (χ3v) is 6.46. The molecule has 0 aromatic heterocycles. The van der Waals surface area contributed by atoms with E-state index in [0.29, 0.717) is 0 Å². The van der Waals surface area contributed by atoms with E-state index in [0.717, 1.165) is 27.8 Å². The van der Waals surface area contributed by atoms with Crippen molar-refractivity contribution in [1.82, 2.24) is 10.6 Å². The Labute approximate surface area is 210 Å². The molecule has 0 saturated heterocycles. The number of nitrogens with one attached hydrogen (secondary N) is 2. The van der Waals surface area contributed by atoms with Crippen molar-refractivity contribution in [3.05, 3.63) is 95.6 Å². The van der Waals surface area contributed by atoms with Crippen LogP contribution < -0.4 is 10.6 Å². The molecular formula is C29H30N2O5. The van der Waals surface area contributed by atoms with Gasteiger partial charge in [-0.3, -0.25) is 4.79 Å². The third kappa shape index (κ3) is 5.57. The smallest absolute Gasteiger partial charge is 0.407 e. The predicted octanol–water partition coefficient (Wildman–Crippen LogP) is 4.36. The number of carbonyl (C=O) groups is 3. The summed E-state index contributed by atoms with van der Waals surface area (Å²) in [5.74, 6) is -2.09. The number of carboxylic acids is 1. The summed E-state index contributed by atoms with van der Waals surface area (Å²) in [6.45, 7) is 3.68. The van der Waals surface area contributed by atoms with Gasteiger partial charge in [0.2, 0.25) is 5.91 Å². The van der Waals surface area contributed by atoms with E-state index in [2.05, 4.69) is 22.8 Å². The normalized spacial score (nSPS) is 13.9. The zero-order valence-corrected chi connectivity index (χ0v) is 20.3. The number of aliphatic carboxylic acids is 1. The second kappa shape index (κ2) is 11.1. The lowest BCUT2D eigenvalue weighted by molar-refractivity contribution is -0.142. The molecule has 4 rings (SSSR count). The lowest BCUT2D eigenvalue weighted by atomic mass is 9.98. The molecule has 1 aliphatic carbocycles. The Balaban J connectivity index is 1.39. The van der Waals surface area contributed by atoms with E-state index in [1.807, 2.05) is 54.6 Å². The Hall–Kier alpha value is -4.13. The summed E-state index contributed by atoms with van der Waals surface area (Å²) in [5, 5.41) is 14.8. The molecule has 2 atom stereocenters. The number of carboxylic acid groups (broad SMARTS) is 1. The van der Waals surface area contributed by atoms with E-state index in [1.165, 1.54) is 0 Å². The van der Waals surface area contributed by atoms with Gasteiger partial charge in [0.15, 0.2) is 0 Å². The van der Waals surface area contributed by atoms with Gasteiger partial charge in [-0.25, -0.2) is 9.59 Å². The van der Waals surface area contributed by atoms with Crippen molar-refractivity contribution < 1.29 is 24.2 Å². The van der Waals surface area contributed by atoms with E-state index in [-0.39, 0.29) is 24.9 Å². The fourth-order valence-electron chi connectivity index (χ4n) is 4.61. The van der Waals surface area contributed by atoms with Gasteiger partial charge in [0.1, 0.15) is 18.7 Å². The van der Waals surface area contributed by atoms with Crippen LogP contribution in [0.25, 0.3) is 11.1 Å². The van der Waals surface area contributed by atoms with Crippen LogP contribution in [0.5, 0.6) is 0 Å². The van der Waals surface area contributed by atoms with Crippen LogP contribution in [0.15, 0.2) is 78.9 Å². The van der Waals surface area contributed by atoms with Gasteiger partial charge >= 0.3 is 12.1 Å². The molecule has 0 spiro atoms. The largest absolute Gasteiger partial charge is 0.480 e. The summed E-state index contributed by atoms with van der Waals surface area (Å²) in [6.07, 6.45) is -0.585. The molecule has 0 radical (unpaired) electrons. The Bertz CT molecular complexity index is 1200. The van der Waals surface area contributed by atoms with Crippen molar-refractivity contribution in [3.8, 4) is 11.1 Å². The molecule has 0 aliphatic heterocycles. The maximum atomic E-state index is 13.0. The lowest BCUT2D eigenvalue weighted by Crippen LogP contribution is -2.54. The number of fused-ring (bicyclic) bond motifs is 3. The van der Waals surface area contributed by atoms with Gasteiger partial charge < -0.3 is 20.5 Å². The zero-order valence-electron chi connectivity index (χ0n) is 20.3. The molecule has 7 heteroatoms. The highest BCUT2D eigenvalue weighted by Crippen LogP contribution is 2.44. The molecule has 0 heterocycles. The first-order valence-corrected chi connectivity index (χ1v) is 12.0. The van der Waals surface area contributed by atoms with Crippen LogP contribution in [-0.2, 0) is 20.7 Å². The number of carbonyl (C=O) groups excluding carboxylic acids is 2. The minimum absolute atomic E-state index is 0.100. The SMILES string of the molecule is CC(C)[C@@H](NC(=O)OCC1c2ccccc2-c2ccccc21)C(=O)N[C@H](Cc1ccccc1)C(=O)O. The minimum Gasteiger partial charge on any atom is -0.480 e. The molecule has 36 heavy (non-hydrogen) atoms. The first-order chi connectivity index (χ1) is 17.3. The van der Waals surface area contributed by atoms with Crippen LogP contribution in [0.1, 0.15) is 36.5 Å². The molecule has 3 aromatic carbocycles. The first kappa shape index (κ1) is 25.0. The molecule has 3 N–H and O–H groups in total. The van der Waals surface area contributed by atoms with E-state index in [1.54, 1.807) is 26.0 Å². The summed E-state index contributed by atoms with van der Waals surface area (Å²) in [5.41, 5.74) is 5.22. The van der Waals surface area contributed by atoms with Crippen molar-refractivity contribution in [2.45, 2.75) is 38.3 Å². The predicted molar refractivity (Wildman–Crippen MR) is 137 cm³/mol. The second-order valence-electron chi connectivity index (χ2n) is 9.28. The van der Waals surface area contributed by atoms with Crippen LogP contribution >= 0.6 is 0 Å². The van der Waals surface area contributed by atoms with Crippen molar-refractivity contribution >= 4 is 18.0 Å². The summed E-state index contributed by atoms with van der Waals surface area (Å²) in [7, 11) is 0. The van der Waals surface area contributed by atoms with Gasteiger partial charge in [0.05, 0.1) is 0 Å². The Morgan fingerprint density at radius 1 is 0.833 bits per heavy atom. The molecule has 2 amide bonds. The van der Waals surface area contributed by atoms with Gasteiger partial charge in [0, 0.05) is 12.3 Å². The van der Waals surface area contributed by atoms with Crippen molar-refractivity contribution in [1.29, 1.82) is 0 Å². The van der Waals surface area contributed by atoms with Crippen molar-refractivity contribution in [2.24, 2.45) is 5.92 Å². The summed E-state index contributed by atoms with van der Waals surface area (Å²) in [4.78, 5) is 37.5. The lowest BCUT2D eigenvalue weighted by Gasteiger charge is -2.24. The molecule has 0 saturated carbocycles. The fourth-order valence-corrected chi connectivity index (χ4v) is 4.61.